The summed E-state index contributed by atoms with van der Waals surface area (Å²) in [6.45, 7) is 6.02. The van der Waals surface area contributed by atoms with Crippen LogP contribution in [-0.4, -0.2) is 30.6 Å². The lowest BCUT2D eigenvalue weighted by molar-refractivity contribution is -0.139. The number of carbonyl (C=O) groups is 1. The van der Waals surface area contributed by atoms with Gasteiger partial charge in [0.15, 0.2) is 5.82 Å². The first kappa shape index (κ1) is 13.3. The van der Waals surface area contributed by atoms with Crippen LogP contribution in [0, 0.1) is 6.92 Å². The van der Waals surface area contributed by atoms with Gasteiger partial charge in [0.1, 0.15) is 6.54 Å². The maximum atomic E-state index is 11.4. The molecule has 17 heavy (non-hydrogen) atoms. The lowest BCUT2D eigenvalue weighted by atomic mass is 10.2. The van der Waals surface area contributed by atoms with Crippen LogP contribution in [0.3, 0.4) is 0 Å². The number of ether oxygens (including phenoxy) is 1. The van der Waals surface area contributed by atoms with E-state index in [1.165, 1.54) is 7.11 Å². The predicted octanol–water partition coefficient (Wildman–Crippen LogP) is 1.36. The number of nitrogen functional groups attached to an aromatic ring is 1. The molecule has 0 spiro atoms. The quantitative estimate of drug-likeness (QED) is 0.801. The van der Waals surface area contributed by atoms with Gasteiger partial charge in [-0.2, -0.15) is 0 Å². The summed E-state index contributed by atoms with van der Waals surface area (Å²) in [4.78, 5) is 17.4. The normalized spacial score (nSPS) is 10.4. The van der Waals surface area contributed by atoms with Crippen molar-refractivity contribution in [3.8, 4) is 0 Å². The molecule has 5 nitrogen and oxygen atoms in total. The third kappa shape index (κ3) is 3.09. The number of anilines is 2. The fraction of sp³-hybridized carbons (Fsp3) is 0.500. The molecule has 2 N–H and O–H groups in total. The Kier molecular flexibility index (Phi) is 4.31. The van der Waals surface area contributed by atoms with Gasteiger partial charge in [-0.05, 0) is 32.4 Å². The molecule has 0 amide bonds. The van der Waals surface area contributed by atoms with Crippen LogP contribution in [0.5, 0.6) is 0 Å². The highest BCUT2D eigenvalue weighted by atomic mass is 16.5. The van der Waals surface area contributed by atoms with E-state index in [1.807, 2.05) is 31.7 Å². The average Bonchev–Trinajstić information content (AvgIpc) is 2.29. The summed E-state index contributed by atoms with van der Waals surface area (Å²) in [5, 5.41) is 0. The zero-order chi connectivity index (χ0) is 13.0. The van der Waals surface area contributed by atoms with E-state index in [-0.39, 0.29) is 18.6 Å². The molecular weight excluding hydrogens is 218 g/mol. The number of aromatic nitrogens is 1. The van der Waals surface area contributed by atoms with Crippen molar-refractivity contribution >= 4 is 17.5 Å². The minimum absolute atomic E-state index is 0.116. The highest BCUT2D eigenvalue weighted by molar-refractivity contribution is 5.78. The summed E-state index contributed by atoms with van der Waals surface area (Å²) < 4.78 is 4.67. The smallest absolute Gasteiger partial charge is 0.325 e. The van der Waals surface area contributed by atoms with Gasteiger partial charge in [0.05, 0.1) is 12.8 Å². The van der Waals surface area contributed by atoms with Crippen LogP contribution in [0.15, 0.2) is 12.3 Å². The van der Waals surface area contributed by atoms with Crippen LogP contribution in [0.1, 0.15) is 19.4 Å². The lowest BCUT2D eigenvalue weighted by Gasteiger charge is -2.28. The molecule has 0 atom stereocenters. The molecule has 94 valence electrons. The second-order valence-electron chi connectivity index (χ2n) is 4.16. The summed E-state index contributed by atoms with van der Waals surface area (Å²) in [6.07, 6.45) is 1.69. The van der Waals surface area contributed by atoms with Crippen molar-refractivity contribution in [1.82, 2.24) is 4.98 Å². The topological polar surface area (TPSA) is 68.5 Å². The monoisotopic (exact) mass is 237 g/mol. The SMILES string of the molecule is COC(=O)CN(c1nccc(C)c1N)C(C)C. The molecule has 0 aliphatic rings. The molecule has 1 rings (SSSR count). The zero-order valence-corrected chi connectivity index (χ0v) is 10.7. The van der Waals surface area contributed by atoms with Gasteiger partial charge in [-0.25, -0.2) is 4.98 Å². The van der Waals surface area contributed by atoms with Gasteiger partial charge in [-0.1, -0.05) is 0 Å². The van der Waals surface area contributed by atoms with Crippen LogP contribution in [0.25, 0.3) is 0 Å². The van der Waals surface area contributed by atoms with Crippen LogP contribution in [-0.2, 0) is 9.53 Å². The van der Waals surface area contributed by atoms with Crippen molar-refractivity contribution in [3.63, 3.8) is 0 Å². The van der Waals surface area contributed by atoms with Crippen molar-refractivity contribution in [2.45, 2.75) is 26.8 Å². The number of hydrogen-bond donors (Lipinski definition) is 1. The first-order valence-corrected chi connectivity index (χ1v) is 5.52. The third-order valence-corrected chi connectivity index (χ3v) is 2.61. The number of esters is 1. The Morgan fingerprint density at radius 3 is 2.76 bits per heavy atom. The highest BCUT2D eigenvalue weighted by Gasteiger charge is 2.19. The number of rotatable bonds is 4. The Labute approximate surface area is 102 Å². The van der Waals surface area contributed by atoms with Crippen LogP contribution in [0.2, 0.25) is 0 Å². The Morgan fingerprint density at radius 1 is 1.59 bits per heavy atom. The Hall–Kier alpha value is -1.78. The Morgan fingerprint density at radius 2 is 2.24 bits per heavy atom. The lowest BCUT2D eigenvalue weighted by Crippen LogP contribution is -2.37. The molecule has 0 radical (unpaired) electrons. The molecule has 0 bridgehead atoms. The molecule has 0 aliphatic heterocycles. The van der Waals surface area contributed by atoms with Crippen molar-refractivity contribution in [3.05, 3.63) is 17.8 Å². The highest BCUT2D eigenvalue weighted by Crippen LogP contribution is 2.24. The maximum Gasteiger partial charge on any atom is 0.325 e. The van der Waals surface area contributed by atoms with E-state index in [0.29, 0.717) is 11.5 Å². The van der Waals surface area contributed by atoms with Crippen LogP contribution < -0.4 is 10.6 Å². The largest absolute Gasteiger partial charge is 0.468 e. The first-order chi connectivity index (χ1) is 7.97. The molecule has 0 fully saturated rings. The van der Waals surface area contributed by atoms with Crippen molar-refractivity contribution in [2.75, 3.05) is 24.3 Å². The first-order valence-electron chi connectivity index (χ1n) is 5.52. The number of nitrogens with zero attached hydrogens (tertiary/aromatic N) is 2. The van der Waals surface area contributed by atoms with Gasteiger partial charge in [0.2, 0.25) is 0 Å². The van der Waals surface area contributed by atoms with E-state index < -0.39 is 0 Å². The number of nitrogens with two attached hydrogens (primary N) is 1. The number of methoxy groups -OCH3 is 1. The fourth-order valence-electron chi connectivity index (χ4n) is 1.49. The summed E-state index contributed by atoms with van der Waals surface area (Å²) in [7, 11) is 1.37. The molecule has 5 heteroatoms. The van der Waals surface area contributed by atoms with E-state index in [1.54, 1.807) is 6.20 Å². The van der Waals surface area contributed by atoms with E-state index in [9.17, 15) is 4.79 Å². The number of pyridine rings is 1. The van der Waals surface area contributed by atoms with E-state index in [2.05, 4.69) is 9.72 Å². The Bertz CT molecular complexity index is 405. The molecule has 0 unspecified atom stereocenters. The van der Waals surface area contributed by atoms with Gasteiger partial charge in [-0.15, -0.1) is 0 Å². The van der Waals surface area contributed by atoms with Gasteiger partial charge in [-0.3, -0.25) is 4.79 Å². The van der Waals surface area contributed by atoms with Gasteiger partial charge < -0.3 is 15.4 Å². The summed E-state index contributed by atoms with van der Waals surface area (Å²) in [6, 6.07) is 1.96. The zero-order valence-electron chi connectivity index (χ0n) is 10.7. The number of hydrogen-bond acceptors (Lipinski definition) is 5. The van der Waals surface area contributed by atoms with E-state index in [4.69, 9.17) is 5.73 Å². The van der Waals surface area contributed by atoms with Crippen molar-refractivity contribution < 1.29 is 9.53 Å². The van der Waals surface area contributed by atoms with Gasteiger partial charge in [0, 0.05) is 12.2 Å². The van der Waals surface area contributed by atoms with E-state index in [0.717, 1.165) is 5.56 Å². The van der Waals surface area contributed by atoms with Crippen LogP contribution >= 0.6 is 0 Å². The minimum atomic E-state index is -0.304. The molecule has 0 aliphatic carbocycles. The van der Waals surface area contributed by atoms with Gasteiger partial charge >= 0.3 is 5.97 Å². The maximum absolute atomic E-state index is 11.4. The van der Waals surface area contributed by atoms with Crippen molar-refractivity contribution in [1.29, 1.82) is 0 Å². The van der Waals surface area contributed by atoms with E-state index >= 15 is 0 Å². The predicted molar refractivity (Wildman–Crippen MR) is 67.9 cm³/mol. The van der Waals surface area contributed by atoms with Gasteiger partial charge in [0.25, 0.3) is 0 Å². The molecule has 0 saturated heterocycles. The molecular formula is C12H19N3O2. The average molecular weight is 237 g/mol. The molecule has 0 aromatic carbocycles. The molecule has 0 saturated carbocycles. The number of aryl methyl sites for hydroxylation is 1. The summed E-state index contributed by atoms with van der Waals surface area (Å²) in [5.41, 5.74) is 7.53. The fourth-order valence-corrected chi connectivity index (χ4v) is 1.49. The Balaban J connectivity index is 3.06. The molecule has 1 heterocycles. The number of carbonyl (C=O) groups excluding carboxylic acids is 1. The molecule has 1 aromatic heterocycles. The summed E-state index contributed by atoms with van der Waals surface area (Å²) in [5.74, 6) is 0.326. The minimum Gasteiger partial charge on any atom is -0.468 e. The third-order valence-electron chi connectivity index (χ3n) is 2.61. The van der Waals surface area contributed by atoms with Crippen LogP contribution in [0.4, 0.5) is 11.5 Å². The second kappa shape index (κ2) is 5.52. The van der Waals surface area contributed by atoms with Crippen molar-refractivity contribution in [2.24, 2.45) is 0 Å². The standard InChI is InChI=1S/C12H19N3O2/c1-8(2)15(7-10(16)17-4)12-11(13)9(3)5-6-14-12/h5-6,8H,7,13H2,1-4H3. The molecule has 1 aromatic rings. The summed E-state index contributed by atoms with van der Waals surface area (Å²) >= 11 is 0. The second-order valence-corrected chi connectivity index (χ2v) is 4.16.